The number of rotatable bonds is 2. The average Bonchev–Trinajstić information content (AvgIpc) is 2.30. The van der Waals surface area contributed by atoms with E-state index in [4.69, 9.17) is 0 Å². The molecule has 0 saturated carbocycles. The van der Waals surface area contributed by atoms with Crippen molar-refractivity contribution in [2.45, 2.75) is 12.6 Å². The lowest BCUT2D eigenvalue weighted by Gasteiger charge is -2.25. The minimum atomic E-state index is -0.383. The predicted molar refractivity (Wildman–Crippen MR) is 56.5 cm³/mol. The third-order valence-electron chi connectivity index (χ3n) is 2.49. The first kappa shape index (κ1) is 10.1. The first-order valence-corrected chi connectivity index (χ1v) is 4.98. The summed E-state index contributed by atoms with van der Waals surface area (Å²) >= 11 is 0. The van der Waals surface area contributed by atoms with E-state index in [2.05, 4.69) is 10.6 Å². The third-order valence-corrected chi connectivity index (χ3v) is 2.49. The highest BCUT2D eigenvalue weighted by molar-refractivity contribution is 5.34. The first-order chi connectivity index (χ1) is 7.27. The van der Waals surface area contributed by atoms with E-state index in [-0.39, 0.29) is 16.8 Å². The molecule has 1 heterocycles. The van der Waals surface area contributed by atoms with Crippen LogP contribution in [0.2, 0.25) is 0 Å². The fourth-order valence-corrected chi connectivity index (χ4v) is 1.68. The lowest BCUT2D eigenvalue weighted by Crippen LogP contribution is -2.41. The van der Waals surface area contributed by atoms with Crippen LogP contribution in [-0.2, 0) is 0 Å². The van der Waals surface area contributed by atoms with Crippen LogP contribution in [0.4, 0.5) is 5.69 Å². The first-order valence-electron chi connectivity index (χ1n) is 4.98. The van der Waals surface area contributed by atoms with Crippen LogP contribution in [0.15, 0.2) is 24.3 Å². The average molecular weight is 207 g/mol. The summed E-state index contributed by atoms with van der Waals surface area (Å²) in [5.41, 5.74) is 1.18. The monoisotopic (exact) mass is 207 g/mol. The van der Waals surface area contributed by atoms with Gasteiger partial charge in [0.1, 0.15) is 0 Å². The minimum Gasteiger partial charge on any atom is -0.298 e. The van der Waals surface area contributed by atoms with Crippen LogP contribution in [-0.4, -0.2) is 18.0 Å². The van der Waals surface area contributed by atoms with E-state index in [1.54, 1.807) is 12.1 Å². The van der Waals surface area contributed by atoms with Gasteiger partial charge in [0.15, 0.2) is 0 Å². The van der Waals surface area contributed by atoms with Gasteiger partial charge in [-0.1, -0.05) is 0 Å². The van der Waals surface area contributed by atoms with E-state index >= 15 is 0 Å². The minimum absolute atomic E-state index is 0.125. The fourth-order valence-electron chi connectivity index (χ4n) is 1.68. The van der Waals surface area contributed by atoms with E-state index in [9.17, 15) is 10.1 Å². The molecule has 0 spiro atoms. The molecule has 0 radical (unpaired) electrons. The second-order valence-electron chi connectivity index (χ2n) is 3.54. The molecule has 0 atom stereocenters. The standard InChI is InChI=1S/C10H13N3O2/c14-13(15)9-4-2-8(3-5-9)10-11-6-1-7-12-10/h2-5,10-12H,1,6-7H2. The van der Waals surface area contributed by atoms with Crippen molar-refractivity contribution in [3.05, 3.63) is 39.9 Å². The summed E-state index contributed by atoms with van der Waals surface area (Å²) in [5.74, 6) is 0. The molecule has 2 rings (SSSR count). The van der Waals surface area contributed by atoms with Crippen LogP contribution in [0.1, 0.15) is 18.2 Å². The molecule has 1 fully saturated rings. The zero-order valence-corrected chi connectivity index (χ0v) is 8.27. The van der Waals surface area contributed by atoms with E-state index in [0.717, 1.165) is 25.1 Å². The van der Waals surface area contributed by atoms with Crippen molar-refractivity contribution in [2.24, 2.45) is 0 Å². The Morgan fingerprint density at radius 1 is 1.20 bits per heavy atom. The number of nitrogens with zero attached hydrogens (tertiary/aromatic N) is 1. The van der Waals surface area contributed by atoms with Crippen molar-refractivity contribution in [1.29, 1.82) is 0 Å². The molecule has 1 aromatic carbocycles. The van der Waals surface area contributed by atoms with Gasteiger partial charge in [-0.05, 0) is 37.2 Å². The van der Waals surface area contributed by atoms with E-state index in [0.29, 0.717) is 0 Å². The number of nitro groups is 1. The lowest BCUT2D eigenvalue weighted by molar-refractivity contribution is -0.384. The van der Waals surface area contributed by atoms with Crippen molar-refractivity contribution in [1.82, 2.24) is 10.6 Å². The number of non-ortho nitro benzene ring substituents is 1. The SMILES string of the molecule is O=[N+]([O-])c1ccc(C2NCCCN2)cc1. The zero-order valence-electron chi connectivity index (χ0n) is 8.27. The van der Waals surface area contributed by atoms with Gasteiger partial charge in [-0.2, -0.15) is 0 Å². The summed E-state index contributed by atoms with van der Waals surface area (Å²) in [4.78, 5) is 10.1. The second kappa shape index (κ2) is 4.37. The van der Waals surface area contributed by atoms with Crippen LogP contribution >= 0.6 is 0 Å². The smallest absolute Gasteiger partial charge is 0.269 e. The van der Waals surface area contributed by atoms with Gasteiger partial charge in [0.2, 0.25) is 0 Å². The van der Waals surface area contributed by atoms with E-state index < -0.39 is 0 Å². The highest BCUT2D eigenvalue weighted by atomic mass is 16.6. The lowest BCUT2D eigenvalue weighted by atomic mass is 10.1. The fraction of sp³-hybridized carbons (Fsp3) is 0.400. The van der Waals surface area contributed by atoms with Crippen LogP contribution in [0.5, 0.6) is 0 Å². The van der Waals surface area contributed by atoms with Gasteiger partial charge in [0, 0.05) is 12.1 Å². The topological polar surface area (TPSA) is 67.2 Å². The summed E-state index contributed by atoms with van der Waals surface area (Å²) in [6, 6.07) is 6.64. The molecule has 5 heteroatoms. The molecule has 0 aromatic heterocycles. The summed E-state index contributed by atoms with van der Waals surface area (Å²) in [6.07, 6.45) is 1.24. The molecular formula is C10H13N3O2. The van der Waals surface area contributed by atoms with Gasteiger partial charge in [0.25, 0.3) is 5.69 Å². The number of nitro benzene ring substituents is 1. The maximum atomic E-state index is 10.5. The van der Waals surface area contributed by atoms with Gasteiger partial charge in [-0.15, -0.1) is 0 Å². The number of hydrogen-bond acceptors (Lipinski definition) is 4. The summed E-state index contributed by atoms with van der Waals surface area (Å²) in [6.45, 7) is 1.96. The maximum absolute atomic E-state index is 10.5. The Hall–Kier alpha value is -1.46. The Kier molecular flexibility index (Phi) is 2.94. The quantitative estimate of drug-likeness (QED) is 0.564. The summed E-state index contributed by atoms with van der Waals surface area (Å²) in [7, 11) is 0. The molecule has 0 aliphatic carbocycles. The molecule has 0 unspecified atom stereocenters. The van der Waals surface area contributed by atoms with Crippen LogP contribution in [0.25, 0.3) is 0 Å². The summed E-state index contributed by atoms with van der Waals surface area (Å²) < 4.78 is 0. The van der Waals surface area contributed by atoms with Crippen LogP contribution < -0.4 is 10.6 Å². The molecule has 1 aliphatic rings. The van der Waals surface area contributed by atoms with E-state index in [1.807, 2.05) is 0 Å². The molecule has 1 saturated heterocycles. The van der Waals surface area contributed by atoms with Crippen molar-refractivity contribution in [3.8, 4) is 0 Å². The largest absolute Gasteiger partial charge is 0.298 e. The van der Waals surface area contributed by atoms with Crippen molar-refractivity contribution < 1.29 is 4.92 Å². The predicted octanol–water partition coefficient (Wildman–Crippen LogP) is 1.18. The summed E-state index contributed by atoms with van der Waals surface area (Å²) in [5, 5.41) is 17.1. The molecule has 1 aromatic rings. The molecule has 80 valence electrons. The highest BCUT2D eigenvalue weighted by Gasteiger charge is 2.14. The molecule has 0 bridgehead atoms. The Balaban J connectivity index is 2.11. The molecule has 0 amide bonds. The third kappa shape index (κ3) is 2.31. The molecule has 2 N–H and O–H groups in total. The van der Waals surface area contributed by atoms with Gasteiger partial charge in [0.05, 0.1) is 11.1 Å². The number of hydrogen-bond donors (Lipinski definition) is 2. The normalized spacial score (nSPS) is 17.6. The number of nitrogens with one attached hydrogen (secondary N) is 2. The molecule has 15 heavy (non-hydrogen) atoms. The Morgan fingerprint density at radius 3 is 2.33 bits per heavy atom. The Labute approximate surface area is 87.6 Å². The van der Waals surface area contributed by atoms with Crippen LogP contribution in [0.3, 0.4) is 0 Å². The van der Waals surface area contributed by atoms with Crippen molar-refractivity contribution in [3.63, 3.8) is 0 Å². The highest BCUT2D eigenvalue weighted by Crippen LogP contribution is 2.17. The van der Waals surface area contributed by atoms with Crippen molar-refractivity contribution in [2.75, 3.05) is 13.1 Å². The maximum Gasteiger partial charge on any atom is 0.269 e. The van der Waals surface area contributed by atoms with Gasteiger partial charge in [-0.3, -0.25) is 20.7 Å². The zero-order chi connectivity index (χ0) is 10.7. The van der Waals surface area contributed by atoms with Crippen molar-refractivity contribution >= 4 is 5.69 Å². The second-order valence-corrected chi connectivity index (χ2v) is 3.54. The number of benzene rings is 1. The molecular weight excluding hydrogens is 194 g/mol. The van der Waals surface area contributed by atoms with Gasteiger partial charge < -0.3 is 0 Å². The van der Waals surface area contributed by atoms with E-state index in [1.165, 1.54) is 12.1 Å². The van der Waals surface area contributed by atoms with Crippen LogP contribution in [0, 0.1) is 10.1 Å². The Bertz CT molecular complexity index is 344. The molecule has 5 nitrogen and oxygen atoms in total. The Morgan fingerprint density at radius 2 is 1.80 bits per heavy atom. The molecule has 1 aliphatic heterocycles. The van der Waals surface area contributed by atoms with Gasteiger partial charge in [-0.25, -0.2) is 0 Å². The van der Waals surface area contributed by atoms with Gasteiger partial charge >= 0.3 is 0 Å².